The van der Waals surface area contributed by atoms with Gasteiger partial charge >= 0.3 is 0 Å². The molecule has 0 atom stereocenters. The van der Waals surface area contributed by atoms with Gasteiger partial charge in [-0.2, -0.15) is 0 Å². The molecular formula is C39H27NO2. The molecule has 8 aromatic rings. The zero-order valence-electron chi connectivity index (χ0n) is 22.9. The van der Waals surface area contributed by atoms with Crippen molar-refractivity contribution in [2.45, 2.75) is 6.42 Å². The first kappa shape index (κ1) is 24.3. The van der Waals surface area contributed by atoms with Crippen molar-refractivity contribution < 1.29 is 8.83 Å². The number of aromatic nitrogens is 1. The fraction of sp³-hybridized carbons (Fsp3) is 0.0256. The van der Waals surface area contributed by atoms with E-state index in [1.54, 1.807) is 6.26 Å². The van der Waals surface area contributed by atoms with E-state index in [4.69, 9.17) is 8.83 Å². The Morgan fingerprint density at radius 3 is 2.17 bits per heavy atom. The molecule has 0 amide bonds. The molecule has 0 saturated carbocycles. The molecule has 0 bridgehead atoms. The van der Waals surface area contributed by atoms with Gasteiger partial charge < -0.3 is 13.4 Å². The van der Waals surface area contributed by atoms with Gasteiger partial charge in [-0.1, -0.05) is 91.0 Å². The van der Waals surface area contributed by atoms with Gasteiger partial charge in [0.1, 0.15) is 16.9 Å². The Hall–Kier alpha value is -5.54. The number of benzene rings is 5. The topological polar surface area (TPSA) is 31.2 Å². The Labute approximate surface area is 243 Å². The molecule has 3 heterocycles. The highest BCUT2D eigenvalue weighted by Gasteiger charge is 2.16. The summed E-state index contributed by atoms with van der Waals surface area (Å²) in [6.07, 6.45) is 2.43. The molecule has 200 valence electrons. The van der Waals surface area contributed by atoms with Crippen molar-refractivity contribution in [3.05, 3.63) is 163 Å². The van der Waals surface area contributed by atoms with E-state index >= 15 is 0 Å². The highest BCUT2D eigenvalue weighted by Crippen LogP contribution is 2.39. The molecule has 0 spiro atoms. The van der Waals surface area contributed by atoms with Crippen molar-refractivity contribution in [2.75, 3.05) is 0 Å². The largest absolute Gasteiger partial charge is 0.469 e. The molecule has 0 radical (unpaired) electrons. The lowest BCUT2D eigenvalue weighted by molar-refractivity contribution is 0.507. The maximum absolute atomic E-state index is 6.40. The van der Waals surface area contributed by atoms with Crippen LogP contribution in [0.1, 0.15) is 11.3 Å². The number of hydrogen-bond donors (Lipinski definition) is 0. The summed E-state index contributed by atoms with van der Waals surface area (Å²) in [5.74, 6) is 0.898. The van der Waals surface area contributed by atoms with Gasteiger partial charge in [0.2, 0.25) is 0 Å². The number of nitrogens with zero attached hydrogens (tertiary/aromatic N) is 1. The predicted molar refractivity (Wildman–Crippen MR) is 173 cm³/mol. The molecule has 3 aromatic heterocycles. The number of hydrogen-bond acceptors (Lipinski definition) is 2. The van der Waals surface area contributed by atoms with Crippen molar-refractivity contribution >= 4 is 43.7 Å². The average Bonchev–Trinajstić information content (AvgIpc) is 3.61. The van der Waals surface area contributed by atoms with Gasteiger partial charge in [0.05, 0.1) is 17.3 Å². The molecule has 0 N–H and O–H groups in total. The summed E-state index contributed by atoms with van der Waals surface area (Å²) in [7, 11) is 0. The Balaban J connectivity index is 1.35. The van der Waals surface area contributed by atoms with E-state index in [1.807, 2.05) is 48.5 Å². The van der Waals surface area contributed by atoms with Crippen molar-refractivity contribution in [3.63, 3.8) is 0 Å². The molecule has 8 rings (SSSR count). The van der Waals surface area contributed by atoms with Crippen LogP contribution in [0.15, 0.2) is 161 Å². The van der Waals surface area contributed by atoms with Crippen LogP contribution < -0.4 is 0 Å². The van der Waals surface area contributed by atoms with E-state index in [9.17, 15) is 0 Å². The van der Waals surface area contributed by atoms with Crippen LogP contribution in [0.25, 0.3) is 60.6 Å². The van der Waals surface area contributed by atoms with Crippen molar-refractivity contribution in [3.8, 4) is 16.8 Å². The minimum absolute atomic E-state index is 0.695. The lowest BCUT2D eigenvalue weighted by Gasteiger charge is -2.08. The molecule has 0 fully saturated rings. The zero-order valence-corrected chi connectivity index (χ0v) is 22.9. The Kier molecular flexibility index (Phi) is 5.86. The monoisotopic (exact) mass is 541 g/mol. The van der Waals surface area contributed by atoms with E-state index in [1.165, 1.54) is 27.4 Å². The van der Waals surface area contributed by atoms with Crippen LogP contribution in [-0.4, -0.2) is 4.57 Å². The third kappa shape index (κ3) is 4.15. The van der Waals surface area contributed by atoms with Crippen LogP contribution in [0.3, 0.4) is 0 Å². The van der Waals surface area contributed by atoms with Crippen molar-refractivity contribution in [1.29, 1.82) is 0 Å². The molecule has 0 unspecified atom stereocenters. The fourth-order valence-electron chi connectivity index (χ4n) is 6.05. The molecular weight excluding hydrogens is 514 g/mol. The highest BCUT2D eigenvalue weighted by molar-refractivity contribution is 6.13. The van der Waals surface area contributed by atoms with Gasteiger partial charge in [-0.15, -0.1) is 0 Å². The van der Waals surface area contributed by atoms with E-state index < -0.39 is 0 Å². The number of rotatable bonds is 4. The van der Waals surface area contributed by atoms with Crippen LogP contribution in [0.4, 0.5) is 0 Å². The summed E-state index contributed by atoms with van der Waals surface area (Å²) in [6, 6.07) is 50.7. The summed E-state index contributed by atoms with van der Waals surface area (Å²) in [6.45, 7) is 0. The highest BCUT2D eigenvalue weighted by atomic mass is 16.3. The molecule has 3 nitrogen and oxygen atoms in total. The minimum atomic E-state index is 0.695. The van der Waals surface area contributed by atoms with Crippen LogP contribution in [0.5, 0.6) is 0 Å². The van der Waals surface area contributed by atoms with E-state index in [0.717, 1.165) is 44.5 Å². The SMILES string of the molecule is c1cccoc(Cc2ccc3c(c2)c2cc(-c4cccc5c4oc4ccccc45)ccc2n3-c2ccccc2)ccc1. The Bertz CT molecular complexity index is 2260. The van der Waals surface area contributed by atoms with E-state index in [-0.39, 0.29) is 0 Å². The minimum Gasteiger partial charge on any atom is -0.469 e. The molecule has 3 heteroatoms. The molecule has 0 aliphatic carbocycles. The van der Waals surface area contributed by atoms with E-state index in [2.05, 4.69) is 102 Å². The quantitative estimate of drug-likeness (QED) is 0.222. The maximum atomic E-state index is 6.40. The molecule has 42 heavy (non-hydrogen) atoms. The van der Waals surface area contributed by atoms with E-state index in [0.29, 0.717) is 6.42 Å². The van der Waals surface area contributed by atoms with Gasteiger partial charge in [0, 0.05) is 39.2 Å². The van der Waals surface area contributed by atoms with Gasteiger partial charge in [0.15, 0.2) is 0 Å². The van der Waals surface area contributed by atoms with Gasteiger partial charge in [-0.05, 0) is 65.7 Å². The molecule has 5 aromatic carbocycles. The second-order valence-corrected chi connectivity index (χ2v) is 10.6. The second kappa shape index (κ2) is 10.1. The van der Waals surface area contributed by atoms with Gasteiger partial charge in [0.25, 0.3) is 0 Å². The Morgan fingerprint density at radius 1 is 0.524 bits per heavy atom. The smallest absolute Gasteiger partial charge is 0.143 e. The second-order valence-electron chi connectivity index (χ2n) is 10.6. The lowest BCUT2D eigenvalue weighted by Crippen LogP contribution is -1.93. The summed E-state index contributed by atoms with van der Waals surface area (Å²) in [4.78, 5) is 0. The van der Waals surface area contributed by atoms with Crippen LogP contribution in [0.2, 0.25) is 0 Å². The summed E-state index contributed by atoms with van der Waals surface area (Å²) < 4.78 is 14.7. The first-order chi connectivity index (χ1) is 20.8. The molecule has 0 aliphatic heterocycles. The van der Waals surface area contributed by atoms with Crippen molar-refractivity contribution in [1.82, 2.24) is 4.57 Å². The molecule has 0 saturated heterocycles. The predicted octanol–water partition coefficient (Wildman–Crippen LogP) is 10.7. The van der Waals surface area contributed by atoms with Gasteiger partial charge in [-0.3, -0.25) is 0 Å². The summed E-state index contributed by atoms with van der Waals surface area (Å²) >= 11 is 0. The van der Waals surface area contributed by atoms with Crippen LogP contribution >= 0.6 is 0 Å². The number of furan rings is 1. The Morgan fingerprint density at radius 2 is 1.24 bits per heavy atom. The standard InChI is InChI=1S/C39H27NO2/c1-2-7-14-30(41-23-10-3-1)24-27-19-21-36-34(25-27)35-26-28(20-22-37(35)40(36)29-12-5-4-6-13-29)31-16-11-17-33-32-15-8-9-18-38(32)42-39(31)33/h1-23,25-26H,24H2. The number of fused-ring (bicyclic) bond motifs is 6. The first-order valence-electron chi connectivity index (χ1n) is 14.2. The third-order valence-corrected chi connectivity index (χ3v) is 7.96. The fourth-order valence-corrected chi connectivity index (χ4v) is 6.05. The van der Waals surface area contributed by atoms with Crippen LogP contribution in [-0.2, 0) is 6.42 Å². The third-order valence-electron chi connectivity index (χ3n) is 7.96. The van der Waals surface area contributed by atoms with Crippen LogP contribution in [0, 0.1) is 0 Å². The molecule has 0 aliphatic rings. The maximum Gasteiger partial charge on any atom is 0.143 e. The summed E-state index contributed by atoms with van der Waals surface area (Å²) in [5.41, 5.74) is 8.74. The summed E-state index contributed by atoms with van der Waals surface area (Å²) in [5, 5.41) is 4.69. The normalized spacial score (nSPS) is 11.4. The van der Waals surface area contributed by atoms with Gasteiger partial charge in [-0.25, -0.2) is 0 Å². The first-order valence-corrected chi connectivity index (χ1v) is 14.2. The zero-order chi connectivity index (χ0) is 27.9. The van der Waals surface area contributed by atoms with Crippen molar-refractivity contribution in [2.24, 2.45) is 0 Å². The lowest BCUT2D eigenvalue weighted by atomic mass is 9.99. The number of para-hydroxylation sites is 3. The average molecular weight is 542 g/mol.